The Hall–Kier alpha value is -3.86. The van der Waals surface area contributed by atoms with Gasteiger partial charge in [0.15, 0.2) is 0 Å². The van der Waals surface area contributed by atoms with Crippen LogP contribution in [0.4, 0.5) is 0 Å². The molecule has 4 aromatic rings. The lowest BCUT2D eigenvalue weighted by Crippen LogP contribution is -2.23. The number of hydrogen-bond acceptors (Lipinski definition) is 3. The lowest BCUT2D eigenvalue weighted by Gasteiger charge is -2.10. The minimum atomic E-state index is -0.151. The average molecular weight is 397 g/mol. The number of hydrogen-bond donors (Lipinski definition) is 1. The molecule has 150 valence electrons. The van der Waals surface area contributed by atoms with Crippen LogP contribution in [0.5, 0.6) is 5.75 Å². The van der Waals surface area contributed by atoms with Crippen LogP contribution in [-0.2, 0) is 17.9 Å². The number of carbonyl (C=O) groups is 1. The van der Waals surface area contributed by atoms with Crippen molar-refractivity contribution in [2.24, 2.45) is 0 Å². The summed E-state index contributed by atoms with van der Waals surface area (Å²) in [4.78, 5) is 17.0. The van der Waals surface area contributed by atoms with E-state index in [1.165, 1.54) is 0 Å². The molecule has 1 heterocycles. The second kappa shape index (κ2) is 9.09. The fourth-order valence-electron chi connectivity index (χ4n) is 3.31. The molecular weight excluding hydrogens is 374 g/mol. The Morgan fingerprint density at radius 1 is 1.00 bits per heavy atom. The number of imidazole rings is 1. The number of para-hydroxylation sites is 2. The zero-order chi connectivity index (χ0) is 20.8. The highest BCUT2D eigenvalue weighted by Crippen LogP contribution is 2.19. The van der Waals surface area contributed by atoms with Crippen LogP contribution < -0.4 is 10.1 Å². The van der Waals surface area contributed by atoms with Crippen LogP contribution >= 0.6 is 0 Å². The number of nitrogens with zero attached hydrogens (tertiary/aromatic N) is 2. The summed E-state index contributed by atoms with van der Waals surface area (Å²) >= 11 is 0. The van der Waals surface area contributed by atoms with Crippen molar-refractivity contribution in [1.82, 2.24) is 14.9 Å². The molecule has 0 bridgehead atoms. The first-order valence-corrected chi connectivity index (χ1v) is 9.81. The molecule has 1 N–H and O–H groups in total. The molecule has 0 fully saturated rings. The van der Waals surface area contributed by atoms with Crippen molar-refractivity contribution in [1.29, 1.82) is 0 Å². The van der Waals surface area contributed by atoms with Gasteiger partial charge >= 0.3 is 0 Å². The molecule has 0 aliphatic rings. The first-order chi connectivity index (χ1) is 14.7. The normalized spacial score (nSPS) is 11.1. The van der Waals surface area contributed by atoms with E-state index in [9.17, 15) is 4.79 Å². The Morgan fingerprint density at radius 3 is 2.50 bits per heavy atom. The highest BCUT2D eigenvalue weighted by atomic mass is 16.5. The molecular formula is C25H23N3O2. The largest absolute Gasteiger partial charge is 0.497 e. The van der Waals surface area contributed by atoms with Crippen LogP contribution in [0.15, 0.2) is 84.9 Å². The van der Waals surface area contributed by atoms with Crippen molar-refractivity contribution in [3.05, 3.63) is 102 Å². The van der Waals surface area contributed by atoms with Crippen molar-refractivity contribution in [3.8, 4) is 5.75 Å². The van der Waals surface area contributed by atoms with Crippen molar-refractivity contribution in [2.75, 3.05) is 7.11 Å². The second-order valence-electron chi connectivity index (χ2n) is 6.91. The molecule has 1 aromatic heterocycles. The van der Waals surface area contributed by atoms with Gasteiger partial charge in [0.05, 0.1) is 24.7 Å². The Kier molecular flexibility index (Phi) is 5.90. The number of ether oxygens (including phenoxy) is 1. The van der Waals surface area contributed by atoms with Crippen LogP contribution in [-0.4, -0.2) is 22.6 Å². The predicted octanol–water partition coefficient (Wildman–Crippen LogP) is 4.42. The molecule has 0 aliphatic carbocycles. The van der Waals surface area contributed by atoms with E-state index in [2.05, 4.69) is 9.88 Å². The van der Waals surface area contributed by atoms with E-state index in [1.54, 1.807) is 19.3 Å². The van der Waals surface area contributed by atoms with E-state index in [0.29, 0.717) is 13.1 Å². The summed E-state index contributed by atoms with van der Waals surface area (Å²) in [6.45, 7) is 1.01. The van der Waals surface area contributed by atoms with Gasteiger partial charge in [0.25, 0.3) is 0 Å². The molecule has 0 spiro atoms. The number of nitrogens with one attached hydrogen (secondary N) is 1. The maximum absolute atomic E-state index is 12.3. The minimum Gasteiger partial charge on any atom is -0.497 e. The Bertz CT molecular complexity index is 1160. The van der Waals surface area contributed by atoms with Crippen LogP contribution in [0, 0.1) is 0 Å². The number of aromatic nitrogens is 2. The Labute approximate surface area is 175 Å². The molecule has 0 aliphatic heterocycles. The van der Waals surface area contributed by atoms with Gasteiger partial charge in [-0.25, -0.2) is 4.98 Å². The zero-order valence-electron chi connectivity index (χ0n) is 16.8. The predicted molar refractivity (Wildman–Crippen MR) is 119 cm³/mol. The summed E-state index contributed by atoms with van der Waals surface area (Å²) < 4.78 is 7.38. The number of amides is 1. The first kappa shape index (κ1) is 19.5. The molecule has 0 saturated carbocycles. The molecule has 5 heteroatoms. The van der Waals surface area contributed by atoms with Crippen LogP contribution in [0.2, 0.25) is 0 Å². The number of fused-ring (bicyclic) bond motifs is 1. The van der Waals surface area contributed by atoms with E-state index in [4.69, 9.17) is 9.72 Å². The first-order valence-electron chi connectivity index (χ1n) is 9.81. The van der Waals surface area contributed by atoms with Gasteiger partial charge in [0.1, 0.15) is 11.6 Å². The lowest BCUT2D eigenvalue weighted by atomic mass is 10.2. The van der Waals surface area contributed by atoms with Crippen molar-refractivity contribution in [3.63, 3.8) is 0 Å². The SMILES string of the molecule is COc1ccc(Cn2c(CNC(=O)/C=C\c3ccccc3)nc3ccccc32)cc1. The summed E-state index contributed by atoms with van der Waals surface area (Å²) in [6, 6.07) is 25.7. The molecule has 3 aromatic carbocycles. The highest BCUT2D eigenvalue weighted by molar-refractivity contribution is 5.91. The third kappa shape index (κ3) is 4.58. The van der Waals surface area contributed by atoms with Gasteiger partial charge in [-0.05, 0) is 41.5 Å². The molecule has 0 atom stereocenters. The van der Waals surface area contributed by atoms with Gasteiger partial charge in [-0.1, -0.05) is 54.6 Å². The molecule has 0 radical (unpaired) electrons. The summed E-state index contributed by atoms with van der Waals surface area (Å²) in [6.07, 6.45) is 3.35. The maximum atomic E-state index is 12.3. The van der Waals surface area contributed by atoms with E-state index >= 15 is 0 Å². The summed E-state index contributed by atoms with van der Waals surface area (Å²) in [5.74, 6) is 1.49. The highest BCUT2D eigenvalue weighted by Gasteiger charge is 2.11. The minimum absolute atomic E-state index is 0.151. The van der Waals surface area contributed by atoms with Crippen molar-refractivity contribution in [2.45, 2.75) is 13.1 Å². The lowest BCUT2D eigenvalue weighted by molar-refractivity contribution is -0.116. The molecule has 30 heavy (non-hydrogen) atoms. The molecule has 0 saturated heterocycles. The second-order valence-corrected chi connectivity index (χ2v) is 6.91. The zero-order valence-corrected chi connectivity index (χ0v) is 16.8. The summed E-state index contributed by atoms with van der Waals surface area (Å²) in [7, 11) is 1.66. The molecule has 5 nitrogen and oxygen atoms in total. The smallest absolute Gasteiger partial charge is 0.244 e. The van der Waals surface area contributed by atoms with Crippen molar-refractivity contribution >= 4 is 23.0 Å². The summed E-state index contributed by atoms with van der Waals surface area (Å²) in [5.41, 5.74) is 4.07. The fourth-order valence-corrected chi connectivity index (χ4v) is 3.31. The van der Waals surface area contributed by atoms with Gasteiger partial charge in [-0.15, -0.1) is 0 Å². The molecule has 4 rings (SSSR count). The van der Waals surface area contributed by atoms with E-state index in [0.717, 1.165) is 33.7 Å². The standard InChI is InChI=1S/C25H23N3O2/c1-30-21-14-11-20(12-15-21)18-28-23-10-6-5-9-22(23)27-24(28)17-26-25(29)16-13-19-7-3-2-4-8-19/h2-16H,17-18H2,1H3,(H,26,29)/b16-13-. The molecule has 1 amide bonds. The Balaban J connectivity index is 1.52. The van der Waals surface area contributed by atoms with Gasteiger partial charge in [-0.3, -0.25) is 4.79 Å². The summed E-state index contributed by atoms with van der Waals surface area (Å²) in [5, 5.41) is 2.95. The van der Waals surface area contributed by atoms with Crippen LogP contribution in [0.1, 0.15) is 17.0 Å². The third-order valence-electron chi connectivity index (χ3n) is 4.88. The van der Waals surface area contributed by atoms with Crippen LogP contribution in [0.3, 0.4) is 0 Å². The number of benzene rings is 3. The van der Waals surface area contributed by atoms with Gasteiger partial charge in [0, 0.05) is 12.6 Å². The van der Waals surface area contributed by atoms with Crippen LogP contribution in [0.25, 0.3) is 17.1 Å². The Morgan fingerprint density at radius 2 is 1.73 bits per heavy atom. The van der Waals surface area contributed by atoms with Gasteiger partial charge < -0.3 is 14.6 Å². The number of rotatable bonds is 7. The average Bonchev–Trinajstić information content (AvgIpc) is 3.15. The van der Waals surface area contributed by atoms with E-state index in [-0.39, 0.29) is 5.91 Å². The number of methoxy groups -OCH3 is 1. The van der Waals surface area contributed by atoms with Gasteiger partial charge in [-0.2, -0.15) is 0 Å². The maximum Gasteiger partial charge on any atom is 0.244 e. The molecule has 0 unspecified atom stereocenters. The van der Waals surface area contributed by atoms with E-state index in [1.807, 2.05) is 78.9 Å². The van der Waals surface area contributed by atoms with E-state index < -0.39 is 0 Å². The number of carbonyl (C=O) groups excluding carboxylic acids is 1. The van der Waals surface area contributed by atoms with Gasteiger partial charge in [0.2, 0.25) is 5.91 Å². The monoisotopic (exact) mass is 397 g/mol. The quantitative estimate of drug-likeness (QED) is 0.470. The topological polar surface area (TPSA) is 56.1 Å². The van der Waals surface area contributed by atoms with Crippen molar-refractivity contribution < 1.29 is 9.53 Å². The fraction of sp³-hybridized carbons (Fsp3) is 0.120. The third-order valence-corrected chi connectivity index (χ3v) is 4.88.